The topological polar surface area (TPSA) is 23.9 Å². The lowest BCUT2D eigenvalue weighted by Gasteiger charge is -2.29. The first-order chi connectivity index (χ1) is 15.5. The van der Waals surface area contributed by atoms with E-state index in [1.165, 1.54) is 33.4 Å². The summed E-state index contributed by atoms with van der Waals surface area (Å²) in [6.45, 7) is 8.68. The van der Waals surface area contributed by atoms with Crippen molar-refractivity contribution in [2.45, 2.75) is 39.5 Å². The van der Waals surface area contributed by atoms with Gasteiger partial charge < -0.3 is 5.41 Å². The first kappa shape index (κ1) is 21.8. The van der Waals surface area contributed by atoms with E-state index in [1.54, 1.807) is 0 Å². The fraction of sp³-hybridized carbons (Fsp3) is 0.194. The Balaban J connectivity index is 1.95. The van der Waals surface area contributed by atoms with Gasteiger partial charge >= 0.3 is 0 Å². The van der Waals surface area contributed by atoms with Gasteiger partial charge in [-0.05, 0) is 72.2 Å². The summed E-state index contributed by atoms with van der Waals surface area (Å²) in [6.07, 6.45) is 0. The van der Waals surface area contributed by atoms with Crippen molar-refractivity contribution in [1.82, 2.24) is 0 Å². The molecule has 32 heavy (non-hydrogen) atoms. The summed E-state index contributed by atoms with van der Waals surface area (Å²) in [5, 5.41) is 9.69. The number of nitrogens with one attached hydrogen (secondary N) is 1. The van der Waals surface area contributed by atoms with Gasteiger partial charge in [-0.15, -0.1) is 0 Å². The van der Waals surface area contributed by atoms with Gasteiger partial charge in [0.2, 0.25) is 0 Å². The van der Waals surface area contributed by atoms with Crippen molar-refractivity contribution in [3.05, 3.63) is 142 Å². The predicted molar refractivity (Wildman–Crippen MR) is 136 cm³/mol. The summed E-state index contributed by atoms with van der Waals surface area (Å²) in [7, 11) is 0. The highest BCUT2D eigenvalue weighted by molar-refractivity contribution is 5.99. The molecule has 0 aliphatic heterocycles. The molecule has 0 bridgehead atoms. The molecule has 0 aliphatic carbocycles. The van der Waals surface area contributed by atoms with Gasteiger partial charge in [0.25, 0.3) is 0 Å². The van der Waals surface area contributed by atoms with E-state index in [4.69, 9.17) is 0 Å². The zero-order valence-electron chi connectivity index (χ0n) is 19.4. The van der Waals surface area contributed by atoms with Crippen LogP contribution in [0.15, 0.2) is 97.1 Å². The molecule has 0 saturated carbocycles. The minimum atomic E-state index is -0.110. The third-order valence-corrected chi connectivity index (χ3v) is 6.80. The van der Waals surface area contributed by atoms with Crippen molar-refractivity contribution in [3.63, 3.8) is 0 Å². The fourth-order valence-corrected chi connectivity index (χ4v) is 4.68. The van der Waals surface area contributed by atoms with Crippen LogP contribution in [0, 0.1) is 33.1 Å². The molecule has 4 aromatic carbocycles. The number of aryl methyl sites for hydroxylation is 2. The maximum atomic E-state index is 9.69. The summed E-state index contributed by atoms with van der Waals surface area (Å²) in [4.78, 5) is 0. The Morgan fingerprint density at radius 3 is 1.25 bits per heavy atom. The summed E-state index contributed by atoms with van der Waals surface area (Å²) >= 11 is 0. The second kappa shape index (κ2) is 9.36. The molecule has 0 radical (unpaired) electrons. The van der Waals surface area contributed by atoms with E-state index in [1.807, 2.05) is 12.1 Å². The Labute approximate surface area is 192 Å². The van der Waals surface area contributed by atoms with E-state index in [0.29, 0.717) is 5.71 Å². The van der Waals surface area contributed by atoms with Gasteiger partial charge in [-0.3, -0.25) is 0 Å². The van der Waals surface area contributed by atoms with Gasteiger partial charge in [0.15, 0.2) is 0 Å². The predicted octanol–water partition coefficient (Wildman–Crippen LogP) is 7.90. The molecule has 1 nitrogen and oxygen atoms in total. The largest absolute Gasteiger partial charge is 0.308 e. The number of rotatable bonds is 6. The zero-order chi connectivity index (χ0) is 22.7. The van der Waals surface area contributed by atoms with E-state index in [0.717, 1.165) is 11.1 Å². The molecule has 0 spiro atoms. The maximum Gasteiger partial charge on any atom is 0.0479 e. The van der Waals surface area contributed by atoms with Crippen molar-refractivity contribution in [3.8, 4) is 0 Å². The lowest BCUT2D eigenvalue weighted by molar-refractivity contribution is 0.933. The van der Waals surface area contributed by atoms with Gasteiger partial charge in [0, 0.05) is 17.5 Å². The van der Waals surface area contributed by atoms with E-state index in [-0.39, 0.29) is 11.8 Å². The Bertz CT molecular complexity index is 1130. The van der Waals surface area contributed by atoms with Gasteiger partial charge in [0.1, 0.15) is 0 Å². The molecule has 0 aliphatic rings. The minimum absolute atomic E-state index is 0.110. The van der Waals surface area contributed by atoms with E-state index >= 15 is 0 Å². The second-order valence-corrected chi connectivity index (χ2v) is 8.72. The van der Waals surface area contributed by atoms with Crippen LogP contribution in [-0.2, 0) is 0 Å². The highest BCUT2D eigenvalue weighted by atomic mass is 14.5. The maximum absolute atomic E-state index is 9.69. The normalized spacial score (nSPS) is 12.9. The van der Waals surface area contributed by atoms with Gasteiger partial charge in [-0.2, -0.15) is 0 Å². The third kappa shape index (κ3) is 4.16. The summed E-state index contributed by atoms with van der Waals surface area (Å²) in [5.74, 6) is -0.220. The van der Waals surface area contributed by atoms with Crippen LogP contribution >= 0.6 is 0 Å². The highest BCUT2D eigenvalue weighted by Crippen LogP contribution is 2.39. The average molecular weight is 418 g/mol. The van der Waals surface area contributed by atoms with E-state index in [2.05, 4.69) is 113 Å². The monoisotopic (exact) mass is 417 g/mol. The highest BCUT2D eigenvalue weighted by Gasteiger charge is 2.30. The molecule has 1 N–H and O–H groups in total. The molecule has 4 rings (SSSR count). The minimum Gasteiger partial charge on any atom is -0.308 e. The van der Waals surface area contributed by atoms with Crippen LogP contribution in [0.1, 0.15) is 56.3 Å². The van der Waals surface area contributed by atoms with Crippen molar-refractivity contribution in [2.75, 3.05) is 0 Å². The summed E-state index contributed by atoms with van der Waals surface area (Å²) < 4.78 is 0. The molecule has 160 valence electrons. The van der Waals surface area contributed by atoms with Gasteiger partial charge in [0.05, 0.1) is 0 Å². The van der Waals surface area contributed by atoms with Crippen molar-refractivity contribution in [2.24, 2.45) is 0 Å². The molecule has 4 aromatic rings. The van der Waals surface area contributed by atoms with Crippen LogP contribution < -0.4 is 0 Å². The number of hydrogen-bond donors (Lipinski definition) is 1. The molecule has 0 fully saturated rings. The molecule has 2 atom stereocenters. The lowest BCUT2D eigenvalue weighted by Crippen LogP contribution is -2.24. The zero-order valence-corrected chi connectivity index (χ0v) is 19.4. The molecule has 1 heteroatoms. The smallest absolute Gasteiger partial charge is 0.0479 e. The Morgan fingerprint density at radius 1 is 0.500 bits per heavy atom. The fourth-order valence-electron chi connectivity index (χ4n) is 4.68. The second-order valence-electron chi connectivity index (χ2n) is 8.72. The van der Waals surface area contributed by atoms with Crippen LogP contribution in [0.3, 0.4) is 0 Å². The first-order valence-electron chi connectivity index (χ1n) is 11.3. The van der Waals surface area contributed by atoms with E-state index < -0.39 is 0 Å². The molecule has 0 saturated heterocycles. The molecule has 2 unspecified atom stereocenters. The van der Waals surface area contributed by atoms with Gasteiger partial charge in [-0.1, -0.05) is 97.1 Å². The SMILES string of the molecule is Cc1cccc(C(C(=N)C(c2ccccc2)c2cccc(C)c2C)c2ccccc2)c1C. The van der Waals surface area contributed by atoms with Crippen LogP contribution in [0.4, 0.5) is 0 Å². The van der Waals surface area contributed by atoms with Crippen molar-refractivity contribution >= 4 is 5.71 Å². The Kier molecular flexibility index (Phi) is 6.37. The third-order valence-electron chi connectivity index (χ3n) is 6.80. The van der Waals surface area contributed by atoms with Crippen LogP contribution in [0.5, 0.6) is 0 Å². The quantitative estimate of drug-likeness (QED) is 0.308. The number of hydrogen-bond acceptors (Lipinski definition) is 1. The van der Waals surface area contributed by atoms with Gasteiger partial charge in [-0.25, -0.2) is 0 Å². The van der Waals surface area contributed by atoms with Crippen molar-refractivity contribution in [1.29, 1.82) is 5.41 Å². The summed E-state index contributed by atoms with van der Waals surface area (Å²) in [5.41, 5.74) is 10.5. The first-order valence-corrected chi connectivity index (χ1v) is 11.3. The van der Waals surface area contributed by atoms with Crippen LogP contribution in [0.2, 0.25) is 0 Å². The molecule has 0 aromatic heterocycles. The summed E-state index contributed by atoms with van der Waals surface area (Å²) in [6, 6.07) is 34.0. The Morgan fingerprint density at radius 2 is 0.875 bits per heavy atom. The molecule has 0 heterocycles. The number of benzene rings is 4. The van der Waals surface area contributed by atoms with Crippen molar-refractivity contribution < 1.29 is 0 Å². The molecule has 0 amide bonds. The average Bonchev–Trinajstić information content (AvgIpc) is 2.81. The lowest BCUT2D eigenvalue weighted by atomic mass is 9.74. The van der Waals surface area contributed by atoms with Crippen LogP contribution in [0.25, 0.3) is 0 Å². The molecular weight excluding hydrogens is 386 g/mol. The van der Waals surface area contributed by atoms with E-state index in [9.17, 15) is 5.41 Å². The molecular formula is C31H31N. The Hall–Kier alpha value is -3.45. The standard InChI is InChI=1S/C31H31N/c1-21-13-11-19-27(23(21)3)29(25-15-7-5-8-16-25)31(32)30(26-17-9-6-10-18-26)28-20-12-14-22(2)24(28)4/h5-20,29-30,32H,1-4H3. The van der Waals surface area contributed by atoms with Crippen LogP contribution in [-0.4, -0.2) is 5.71 Å².